The fourth-order valence-corrected chi connectivity index (χ4v) is 9.12. The first-order valence-corrected chi connectivity index (χ1v) is 17.4. The van der Waals surface area contributed by atoms with Crippen molar-refractivity contribution in [2.24, 2.45) is 11.8 Å². The van der Waals surface area contributed by atoms with Gasteiger partial charge in [0, 0.05) is 30.1 Å². The minimum Gasteiger partial charge on any atom is -0.481 e. The van der Waals surface area contributed by atoms with Gasteiger partial charge in [0.2, 0.25) is 5.91 Å². The Balaban J connectivity index is 1.56. The third-order valence-corrected chi connectivity index (χ3v) is 12.5. The molecule has 1 saturated heterocycles. The average Bonchev–Trinajstić information content (AvgIpc) is 3.53. The van der Waals surface area contributed by atoms with Crippen molar-refractivity contribution in [2.45, 2.75) is 73.2 Å². The molecule has 2 aliphatic rings. The Kier molecular flexibility index (Phi) is 10.4. The molecule has 51 heavy (non-hydrogen) atoms. The van der Waals surface area contributed by atoms with Gasteiger partial charge in [-0.15, -0.1) is 0 Å². The number of carboxylic acid groups (broad SMARTS) is 1. The van der Waals surface area contributed by atoms with Gasteiger partial charge >= 0.3 is 18.3 Å². The van der Waals surface area contributed by atoms with Gasteiger partial charge in [-0.2, -0.15) is 26.3 Å². The van der Waals surface area contributed by atoms with Crippen molar-refractivity contribution in [1.82, 2.24) is 4.90 Å². The van der Waals surface area contributed by atoms with E-state index in [2.05, 4.69) is 4.74 Å². The van der Waals surface area contributed by atoms with Crippen LogP contribution in [-0.4, -0.2) is 55.7 Å². The molecule has 1 atom stereocenters. The summed E-state index contributed by atoms with van der Waals surface area (Å²) in [7, 11) is -4.60. The number of hydrogen-bond acceptors (Lipinski definition) is 5. The molecule has 1 aliphatic carbocycles. The Labute approximate surface area is 288 Å². The first-order chi connectivity index (χ1) is 23.7. The molecular formula is C35H33F8NO6S. The summed E-state index contributed by atoms with van der Waals surface area (Å²) >= 11 is 0. The summed E-state index contributed by atoms with van der Waals surface area (Å²) in [6.07, 6.45) is -11.7. The van der Waals surface area contributed by atoms with E-state index in [9.17, 15) is 58.2 Å². The predicted octanol–water partition coefficient (Wildman–Crippen LogP) is 7.60. The number of aryl methyl sites for hydroxylation is 1. The molecule has 0 aromatic heterocycles. The summed E-state index contributed by atoms with van der Waals surface area (Å²) in [4.78, 5) is 25.8. The summed E-state index contributed by atoms with van der Waals surface area (Å²) in [5.41, 5.74) is -7.11. The first-order valence-electron chi connectivity index (χ1n) is 15.9. The monoisotopic (exact) mass is 747 g/mol. The van der Waals surface area contributed by atoms with E-state index in [1.165, 1.54) is 24.0 Å². The Morgan fingerprint density at radius 2 is 1.43 bits per heavy atom. The van der Waals surface area contributed by atoms with Gasteiger partial charge in [-0.05, 0) is 80.5 Å². The molecule has 5 rings (SSSR count). The zero-order chi connectivity index (χ0) is 37.6. The Morgan fingerprint density at radius 3 is 1.96 bits per heavy atom. The maximum Gasteiger partial charge on any atom is 0.430 e. The van der Waals surface area contributed by atoms with Crippen molar-refractivity contribution in [3.63, 3.8) is 0 Å². The lowest BCUT2D eigenvalue weighted by molar-refractivity contribution is -0.392. The highest BCUT2D eigenvalue weighted by atomic mass is 32.2. The van der Waals surface area contributed by atoms with Crippen LogP contribution in [0.15, 0.2) is 71.6 Å². The van der Waals surface area contributed by atoms with Crippen LogP contribution < -0.4 is 0 Å². The molecule has 1 heterocycles. The van der Waals surface area contributed by atoms with Crippen LogP contribution in [0, 0.1) is 30.4 Å². The van der Waals surface area contributed by atoms with Gasteiger partial charge in [0.05, 0.1) is 17.4 Å². The van der Waals surface area contributed by atoms with Crippen molar-refractivity contribution in [1.29, 1.82) is 0 Å². The lowest BCUT2D eigenvalue weighted by Crippen LogP contribution is -2.56. The number of carbonyl (C=O) groups is 2. The van der Waals surface area contributed by atoms with Crippen LogP contribution in [-0.2, 0) is 41.1 Å². The van der Waals surface area contributed by atoms with Gasteiger partial charge in [0.25, 0.3) is 5.60 Å². The summed E-state index contributed by atoms with van der Waals surface area (Å²) < 4.78 is 147. The molecule has 0 unspecified atom stereocenters. The molecule has 276 valence electrons. The number of nitrogens with zero attached hydrogens (tertiary/aromatic N) is 1. The Bertz CT molecular complexity index is 1840. The number of benzene rings is 3. The van der Waals surface area contributed by atoms with Crippen molar-refractivity contribution in [2.75, 3.05) is 13.1 Å². The molecule has 1 amide bonds. The standard InChI is InChI=1S/C35H33F8NO6S/c1-21-3-2-4-29(37)28(21)19-50-33(34(38,39)40,35(41,42)43)25-11-9-24(10-12-25)32(51(48,49)27-15-13-26(36)14-16-27)17-18-44(20-32)30(45)22-5-7-23(8-6-22)31(46)47/h2-4,9-16,22-23H,5-8,17-20H2,1H3,(H,46,47)/t22?,23?,32-/m0/s1. The highest BCUT2D eigenvalue weighted by Gasteiger charge is 2.73. The van der Waals surface area contributed by atoms with Crippen LogP contribution in [0.1, 0.15) is 54.4 Å². The zero-order valence-corrected chi connectivity index (χ0v) is 27.8. The predicted molar refractivity (Wildman–Crippen MR) is 166 cm³/mol. The molecular weight excluding hydrogens is 714 g/mol. The molecule has 1 N–H and O–H groups in total. The molecule has 16 heteroatoms. The third-order valence-electron chi connectivity index (χ3n) is 10.0. The number of carbonyl (C=O) groups excluding carboxylic acids is 1. The lowest BCUT2D eigenvalue weighted by Gasteiger charge is -2.38. The van der Waals surface area contributed by atoms with Gasteiger partial charge in [-0.1, -0.05) is 36.4 Å². The van der Waals surface area contributed by atoms with Gasteiger partial charge < -0.3 is 14.7 Å². The van der Waals surface area contributed by atoms with Crippen LogP contribution in [0.2, 0.25) is 0 Å². The van der Waals surface area contributed by atoms with Crippen LogP contribution in [0.25, 0.3) is 0 Å². The number of likely N-dealkylation sites (tertiary alicyclic amines) is 1. The number of rotatable bonds is 9. The number of aliphatic carboxylic acids is 1. The second-order valence-corrected chi connectivity index (χ2v) is 15.2. The number of alkyl halides is 6. The normalized spacial score (nSPS) is 21.9. The maximum atomic E-state index is 14.6. The summed E-state index contributed by atoms with van der Waals surface area (Å²) in [6.45, 7) is -0.804. The maximum absolute atomic E-state index is 14.6. The van der Waals surface area contributed by atoms with Gasteiger partial charge in [-0.3, -0.25) is 9.59 Å². The summed E-state index contributed by atoms with van der Waals surface area (Å²) in [5, 5.41) is 9.31. The average molecular weight is 748 g/mol. The molecule has 0 bridgehead atoms. The number of carboxylic acids is 1. The second kappa shape index (κ2) is 13.8. The number of hydrogen-bond donors (Lipinski definition) is 1. The van der Waals surface area contributed by atoms with Crippen molar-refractivity contribution < 1.29 is 63.0 Å². The van der Waals surface area contributed by atoms with Gasteiger partial charge in [0.15, 0.2) is 9.84 Å². The number of sulfone groups is 1. The largest absolute Gasteiger partial charge is 0.481 e. The number of halogens is 8. The van der Waals surface area contributed by atoms with E-state index in [4.69, 9.17) is 0 Å². The zero-order valence-electron chi connectivity index (χ0n) is 27.0. The van der Waals surface area contributed by atoms with E-state index in [1.54, 1.807) is 0 Å². The van der Waals surface area contributed by atoms with Gasteiger partial charge in [0.1, 0.15) is 16.4 Å². The second-order valence-electron chi connectivity index (χ2n) is 12.9. The van der Waals surface area contributed by atoms with Crippen LogP contribution >= 0.6 is 0 Å². The first kappa shape index (κ1) is 38.2. The van der Waals surface area contributed by atoms with Gasteiger partial charge in [-0.25, -0.2) is 17.2 Å². The molecule has 1 aliphatic heterocycles. The van der Waals surface area contributed by atoms with E-state index >= 15 is 0 Å². The Morgan fingerprint density at radius 1 is 0.863 bits per heavy atom. The molecule has 0 radical (unpaired) electrons. The minimum absolute atomic E-state index is 0.0480. The van der Waals surface area contributed by atoms with Crippen LogP contribution in [0.3, 0.4) is 0 Å². The smallest absolute Gasteiger partial charge is 0.430 e. The number of ether oxygens (including phenoxy) is 1. The molecule has 3 aromatic rings. The fourth-order valence-electron chi connectivity index (χ4n) is 7.04. The quantitative estimate of drug-likeness (QED) is 0.179. The van der Waals surface area contributed by atoms with Crippen molar-refractivity contribution in [3.8, 4) is 0 Å². The van der Waals surface area contributed by atoms with E-state index in [1.807, 2.05) is 0 Å². The van der Waals surface area contributed by atoms with E-state index in [0.717, 1.165) is 42.5 Å². The van der Waals surface area contributed by atoms with Crippen LogP contribution in [0.4, 0.5) is 35.1 Å². The molecule has 0 spiro atoms. The van der Waals surface area contributed by atoms with Crippen molar-refractivity contribution in [3.05, 3.63) is 101 Å². The van der Waals surface area contributed by atoms with Crippen LogP contribution in [0.5, 0.6) is 0 Å². The molecule has 2 fully saturated rings. The summed E-state index contributed by atoms with van der Waals surface area (Å²) in [6, 6.07) is 9.55. The SMILES string of the molecule is Cc1cccc(F)c1COC(c1ccc([C@]2(S(=O)(=O)c3ccc(F)cc3)CCN(C(=O)C3CCC(C(=O)O)CC3)C2)cc1)(C(F)(F)F)C(F)(F)F. The van der Waals surface area contributed by atoms with E-state index in [0.29, 0.717) is 12.1 Å². The third kappa shape index (κ3) is 6.84. The molecule has 3 aromatic carbocycles. The van der Waals surface area contributed by atoms with Crippen molar-refractivity contribution >= 4 is 21.7 Å². The lowest BCUT2D eigenvalue weighted by atomic mass is 9.81. The highest BCUT2D eigenvalue weighted by Crippen LogP contribution is 2.54. The Hall–Kier alpha value is -4.05. The highest BCUT2D eigenvalue weighted by molar-refractivity contribution is 7.92. The number of amides is 1. The topological polar surface area (TPSA) is 101 Å². The van der Waals surface area contributed by atoms with E-state index in [-0.39, 0.29) is 49.8 Å². The van der Waals surface area contributed by atoms with E-state index < -0.39 is 97.1 Å². The fraction of sp³-hybridized carbons (Fsp3) is 0.429. The summed E-state index contributed by atoms with van der Waals surface area (Å²) in [5.74, 6) is -4.56. The molecule has 1 saturated carbocycles. The molecule has 7 nitrogen and oxygen atoms in total. The minimum atomic E-state index is -6.12.